The predicted octanol–water partition coefficient (Wildman–Crippen LogP) is 6.94. The molecule has 0 aliphatic carbocycles. The molecule has 1 fully saturated rings. The number of likely N-dealkylation sites (tertiary alicyclic amines) is 1. The summed E-state index contributed by atoms with van der Waals surface area (Å²) in [5.74, 6) is -2.81. The number of ketones is 1. The van der Waals surface area contributed by atoms with E-state index in [1.54, 1.807) is 51.1 Å². The fraction of sp³-hybridized carbons (Fsp3) is 0.275. The third kappa shape index (κ3) is 9.62. The van der Waals surface area contributed by atoms with E-state index in [9.17, 15) is 24.0 Å². The number of hydrogen-bond acceptors (Lipinski definition) is 9. The molecule has 3 amide bonds. The maximum atomic E-state index is 14.0. The van der Waals surface area contributed by atoms with Crippen molar-refractivity contribution in [3.8, 4) is 0 Å². The van der Waals surface area contributed by atoms with Crippen molar-refractivity contribution in [3.63, 3.8) is 0 Å². The summed E-state index contributed by atoms with van der Waals surface area (Å²) in [6, 6.07) is 30.6. The lowest BCUT2D eigenvalue weighted by molar-refractivity contribution is -0.169. The minimum atomic E-state index is -1.59. The minimum Gasteiger partial charge on any atom is -0.451 e. The summed E-state index contributed by atoms with van der Waals surface area (Å²) in [5, 5.41) is 4.54. The van der Waals surface area contributed by atoms with E-state index in [1.807, 2.05) is 91.9 Å². The number of nitrogens with zero attached hydrogens (tertiary/aromatic N) is 1. The average molecular weight is 740 g/mol. The standard InChI is InChI=1S/C40H41N3O7S2/c1-25-21-23-30(24-22-25)51-52-37-32(41-35(45)31(27-15-9-6-10-16-27)42-39(48)50-40(3,4)5)36(46)43(37)33(26(2)44)38(47)49-34(28-17-11-7-12-18-28)29-19-13-8-14-20-29/h6-24,31-34,37H,1-5H3,(H,41,45)(H,42,48). The summed E-state index contributed by atoms with van der Waals surface area (Å²) in [6.45, 7) is 8.32. The Balaban J connectivity index is 1.43. The number of hydrogen-bond donors (Lipinski definition) is 2. The Hall–Kier alpha value is -5.07. The number of carbonyl (C=O) groups is 5. The van der Waals surface area contributed by atoms with Gasteiger partial charge in [0.05, 0.1) is 0 Å². The van der Waals surface area contributed by atoms with Crippen LogP contribution in [0.25, 0.3) is 0 Å². The molecule has 4 aromatic rings. The molecular weight excluding hydrogens is 699 g/mol. The van der Waals surface area contributed by atoms with Crippen molar-refractivity contribution >= 4 is 51.2 Å². The second-order valence-electron chi connectivity index (χ2n) is 13.3. The molecule has 0 aromatic heterocycles. The first-order valence-electron chi connectivity index (χ1n) is 16.7. The average Bonchev–Trinajstić information content (AvgIpc) is 3.12. The van der Waals surface area contributed by atoms with Crippen molar-refractivity contribution in [2.75, 3.05) is 0 Å². The Bertz CT molecular complexity index is 1830. The van der Waals surface area contributed by atoms with Crippen LogP contribution in [0.15, 0.2) is 120 Å². The number of β-lactam (4-membered cyclic amide) rings is 1. The van der Waals surface area contributed by atoms with E-state index in [-0.39, 0.29) is 0 Å². The molecule has 52 heavy (non-hydrogen) atoms. The Kier molecular flexibility index (Phi) is 12.5. The number of nitrogens with one attached hydrogen (secondary N) is 2. The Labute approximate surface area is 311 Å². The van der Waals surface area contributed by atoms with Crippen molar-refractivity contribution in [1.29, 1.82) is 0 Å². The zero-order valence-electron chi connectivity index (χ0n) is 29.5. The smallest absolute Gasteiger partial charge is 0.408 e. The molecule has 1 aliphatic rings. The van der Waals surface area contributed by atoms with Gasteiger partial charge in [0.15, 0.2) is 17.9 Å². The molecule has 0 radical (unpaired) electrons. The second-order valence-corrected chi connectivity index (χ2v) is 15.6. The number of aryl methyl sites for hydroxylation is 1. The van der Waals surface area contributed by atoms with Gasteiger partial charge in [-0.05, 0) is 63.4 Å². The molecule has 0 bridgehead atoms. The maximum Gasteiger partial charge on any atom is 0.408 e. The van der Waals surface area contributed by atoms with Crippen LogP contribution in [0.3, 0.4) is 0 Å². The van der Waals surface area contributed by atoms with Crippen molar-refractivity contribution in [3.05, 3.63) is 138 Å². The first kappa shape index (κ1) is 38.2. The molecule has 270 valence electrons. The molecule has 0 saturated carbocycles. The lowest BCUT2D eigenvalue weighted by atomic mass is 9.98. The number of ether oxygens (including phenoxy) is 2. The quantitative estimate of drug-likeness (QED) is 0.0648. The molecule has 5 rings (SSSR count). The van der Waals surface area contributed by atoms with Crippen LogP contribution in [0.4, 0.5) is 4.79 Å². The van der Waals surface area contributed by atoms with Crippen molar-refractivity contribution < 1.29 is 33.4 Å². The van der Waals surface area contributed by atoms with Gasteiger partial charge in [0.25, 0.3) is 0 Å². The molecule has 4 unspecified atom stereocenters. The van der Waals surface area contributed by atoms with Crippen LogP contribution < -0.4 is 10.6 Å². The van der Waals surface area contributed by atoms with Crippen LogP contribution in [0.1, 0.15) is 62.1 Å². The van der Waals surface area contributed by atoms with Crippen LogP contribution in [-0.4, -0.2) is 57.6 Å². The van der Waals surface area contributed by atoms with Crippen LogP contribution >= 0.6 is 21.6 Å². The number of Topliss-reactive ketones (excluding diaryl/α,β-unsaturated/α-hetero) is 1. The summed E-state index contributed by atoms with van der Waals surface area (Å²) < 4.78 is 11.5. The molecule has 0 spiro atoms. The topological polar surface area (TPSA) is 131 Å². The monoisotopic (exact) mass is 739 g/mol. The summed E-state index contributed by atoms with van der Waals surface area (Å²) in [6.07, 6.45) is -1.66. The first-order chi connectivity index (χ1) is 24.8. The van der Waals surface area contributed by atoms with Gasteiger partial charge in [-0.2, -0.15) is 0 Å². The number of carbonyl (C=O) groups excluding carboxylic acids is 5. The number of benzene rings is 4. The Morgan fingerprint density at radius 2 is 1.29 bits per heavy atom. The lowest BCUT2D eigenvalue weighted by Gasteiger charge is -2.48. The molecule has 2 N–H and O–H groups in total. The normalized spacial score (nSPS) is 16.7. The lowest BCUT2D eigenvalue weighted by Crippen LogP contribution is -2.74. The van der Waals surface area contributed by atoms with E-state index >= 15 is 0 Å². The molecule has 12 heteroatoms. The van der Waals surface area contributed by atoms with Gasteiger partial charge in [-0.1, -0.05) is 130 Å². The van der Waals surface area contributed by atoms with E-state index in [0.717, 1.165) is 10.5 Å². The van der Waals surface area contributed by atoms with Gasteiger partial charge in [-0.15, -0.1) is 0 Å². The SMILES string of the molecule is CC(=O)C(C(=O)OC(c1ccccc1)c1ccccc1)N1C(=O)C(NC(=O)C(NC(=O)OC(C)(C)C)c2ccccc2)C1SSc1ccc(C)cc1. The zero-order valence-corrected chi connectivity index (χ0v) is 31.1. The van der Waals surface area contributed by atoms with Crippen molar-refractivity contribution in [2.24, 2.45) is 0 Å². The van der Waals surface area contributed by atoms with Gasteiger partial charge in [-0.3, -0.25) is 14.4 Å². The first-order valence-corrected chi connectivity index (χ1v) is 18.9. The number of rotatable bonds is 13. The third-order valence-corrected chi connectivity index (χ3v) is 10.7. The van der Waals surface area contributed by atoms with Gasteiger partial charge in [-0.25, -0.2) is 9.59 Å². The van der Waals surface area contributed by atoms with Gasteiger partial charge < -0.3 is 25.0 Å². The zero-order chi connectivity index (χ0) is 37.4. The van der Waals surface area contributed by atoms with E-state index in [1.165, 1.54) is 33.4 Å². The molecule has 1 heterocycles. The third-order valence-electron chi connectivity index (χ3n) is 8.02. The highest BCUT2D eigenvalue weighted by Gasteiger charge is 2.56. The molecular formula is C40H41N3O7S2. The summed E-state index contributed by atoms with van der Waals surface area (Å²) in [7, 11) is 2.56. The van der Waals surface area contributed by atoms with E-state index < -0.39 is 64.9 Å². The van der Waals surface area contributed by atoms with Gasteiger partial charge in [0.2, 0.25) is 11.8 Å². The van der Waals surface area contributed by atoms with E-state index in [2.05, 4.69) is 10.6 Å². The van der Waals surface area contributed by atoms with E-state index in [0.29, 0.717) is 16.7 Å². The molecule has 1 saturated heterocycles. The summed E-state index contributed by atoms with van der Waals surface area (Å²) in [4.78, 5) is 70.1. The summed E-state index contributed by atoms with van der Waals surface area (Å²) >= 11 is 0. The highest BCUT2D eigenvalue weighted by atomic mass is 33.1. The second kappa shape index (κ2) is 17.0. The summed E-state index contributed by atoms with van der Waals surface area (Å²) in [5.41, 5.74) is 2.09. The van der Waals surface area contributed by atoms with Gasteiger partial charge >= 0.3 is 12.1 Å². The van der Waals surface area contributed by atoms with Crippen molar-refractivity contribution in [2.45, 2.75) is 74.7 Å². The highest BCUT2D eigenvalue weighted by molar-refractivity contribution is 8.77. The molecule has 10 nitrogen and oxygen atoms in total. The minimum absolute atomic E-state index is 0.464. The fourth-order valence-electron chi connectivity index (χ4n) is 5.54. The molecule has 1 aliphatic heterocycles. The highest BCUT2D eigenvalue weighted by Crippen LogP contribution is 2.43. The number of alkyl carbamates (subject to hydrolysis) is 1. The Morgan fingerprint density at radius 1 is 0.769 bits per heavy atom. The number of amides is 3. The molecule has 4 atom stereocenters. The van der Waals surface area contributed by atoms with E-state index in [4.69, 9.17) is 9.47 Å². The largest absolute Gasteiger partial charge is 0.451 e. The number of esters is 1. The maximum absolute atomic E-state index is 14.0. The molecule has 4 aromatic carbocycles. The Morgan fingerprint density at radius 3 is 1.79 bits per heavy atom. The predicted molar refractivity (Wildman–Crippen MR) is 201 cm³/mol. The van der Waals surface area contributed by atoms with Gasteiger partial charge in [0.1, 0.15) is 23.1 Å². The van der Waals surface area contributed by atoms with Crippen LogP contribution in [0.2, 0.25) is 0 Å². The van der Waals surface area contributed by atoms with Crippen LogP contribution in [0, 0.1) is 6.92 Å². The van der Waals surface area contributed by atoms with Crippen molar-refractivity contribution in [1.82, 2.24) is 15.5 Å². The van der Waals surface area contributed by atoms with Crippen LogP contribution in [0.5, 0.6) is 0 Å². The fourth-order valence-corrected chi connectivity index (χ4v) is 8.19. The van der Waals surface area contributed by atoms with Gasteiger partial charge in [0, 0.05) is 4.90 Å². The van der Waals surface area contributed by atoms with Crippen LogP contribution in [-0.2, 0) is 28.7 Å².